The maximum atomic E-state index is 11.2. The zero-order valence-corrected chi connectivity index (χ0v) is 11.4. The predicted octanol–water partition coefficient (Wildman–Crippen LogP) is 2.40. The lowest BCUT2D eigenvalue weighted by Gasteiger charge is -2.23. The first kappa shape index (κ1) is 14.1. The van der Waals surface area contributed by atoms with E-state index in [1.54, 1.807) is 4.68 Å². The summed E-state index contributed by atoms with van der Waals surface area (Å²) < 4.78 is 1.77. The van der Waals surface area contributed by atoms with Crippen molar-refractivity contribution in [3.05, 3.63) is 17.5 Å². The number of aromatic nitrogens is 2. The minimum Gasteiger partial charge on any atom is -0.478 e. The van der Waals surface area contributed by atoms with Crippen LogP contribution >= 0.6 is 0 Å². The lowest BCUT2D eigenvalue weighted by atomic mass is 10.0. The van der Waals surface area contributed by atoms with Gasteiger partial charge in [0.15, 0.2) is 0 Å². The highest BCUT2D eigenvalue weighted by Gasteiger charge is 2.27. The van der Waals surface area contributed by atoms with Gasteiger partial charge in [-0.15, -0.1) is 0 Å². The summed E-state index contributed by atoms with van der Waals surface area (Å²) in [4.78, 5) is 11.2. The molecule has 1 aliphatic rings. The van der Waals surface area contributed by atoms with E-state index in [4.69, 9.17) is 0 Å². The Kier molecular flexibility index (Phi) is 4.58. The second kappa shape index (κ2) is 6.19. The fourth-order valence-electron chi connectivity index (χ4n) is 2.89. The van der Waals surface area contributed by atoms with E-state index >= 15 is 0 Å². The molecule has 1 aromatic heterocycles. The van der Waals surface area contributed by atoms with E-state index in [1.165, 1.54) is 6.20 Å². The minimum absolute atomic E-state index is 0.0721. The Balaban J connectivity index is 2.34. The van der Waals surface area contributed by atoms with Crippen LogP contribution in [0.25, 0.3) is 0 Å². The van der Waals surface area contributed by atoms with Crippen LogP contribution in [0.4, 0.5) is 0 Å². The van der Waals surface area contributed by atoms with E-state index in [1.807, 2.05) is 6.92 Å². The van der Waals surface area contributed by atoms with Crippen LogP contribution in [0.5, 0.6) is 0 Å². The molecule has 0 bridgehead atoms. The third-order valence-electron chi connectivity index (χ3n) is 3.87. The summed E-state index contributed by atoms with van der Waals surface area (Å²) >= 11 is 0. The number of hydrogen-bond donors (Lipinski definition) is 2. The summed E-state index contributed by atoms with van der Waals surface area (Å²) in [5.74, 6) is -0.933. The Morgan fingerprint density at radius 2 is 2.16 bits per heavy atom. The van der Waals surface area contributed by atoms with E-state index in [-0.39, 0.29) is 11.6 Å². The van der Waals surface area contributed by atoms with E-state index in [0.29, 0.717) is 6.42 Å². The summed E-state index contributed by atoms with van der Waals surface area (Å²) in [5, 5.41) is 23.7. The molecule has 0 amide bonds. The summed E-state index contributed by atoms with van der Waals surface area (Å²) in [6.07, 6.45) is 7.44. The van der Waals surface area contributed by atoms with Crippen molar-refractivity contribution in [2.75, 3.05) is 0 Å². The highest BCUT2D eigenvalue weighted by Crippen LogP contribution is 2.29. The van der Waals surface area contributed by atoms with E-state index in [0.717, 1.165) is 44.2 Å². The summed E-state index contributed by atoms with van der Waals surface area (Å²) in [7, 11) is 0. The monoisotopic (exact) mass is 266 g/mol. The first-order valence-corrected chi connectivity index (χ1v) is 7.13. The average Bonchev–Trinajstić information content (AvgIpc) is 2.66. The quantitative estimate of drug-likeness (QED) is 0.820. The van der Waals surface area contributed by atoms with E-state index < -0.39 is 12.1 Å². The third kappa shape index (κ3) is 2.97. The van der Waals surface area contributed by atoms with Gasteiger partial charge in [0.05, 0.1) is 24.0 Å². The first-order valence-electron chi connectivity index (χ1n) is 7.13. The van der Waals surface area contributed by atoms with Crippen LogP contribution in [-0.2, 0) is 6.42 Å². The number of nitrogens with zero attached hydrogens (tertiary/aromatic N) is 2. The topological polar surface area (TPSA) is 75.3 Å². The molecule has 106 valence electrons. The smallest absolute Gasteiger partial charge is 0.339 e. The SMILES string of the molecule is CCCc1c(C(=O)O)cnn1C1CCCCCC1O. The Labute approximate surface area is 113 Å². The van der Waals surface area contributed by atoms with Gasteiger partial charge in [0, 0.05) is 0 Å². The van der Waals surface area contributed by atoms with Gasteiger partial charge < -0.3 is 10.2 Å². The molecule has 0 radical (unpaired) electrons. The zero-order chi connectivity index (χ0) is 13.8. The molecular formula is C14H22N2O3. The van der Waals surface area contributed by atoms with Gasteiger partial charge in [-0.05, 0) is 19.3 Å². The molecule has 1 fully saturated rings. The van der Waals surface area contributed by atoms with Gasteiger partial charge in [-0.25, -0.2) is 4.79 Å². The number of carboxylic acids is 1. The fraction of sp³-hybridized carbons (Fsp3) is 0.714. The van der Waals surface area contributed by atoms with Crippen molar-refractivity contribution in [1.82, 2.24) is 9.78 Å². The molecule has 1 saturated carbocycles. The molecule has 2 atom stereocenters. The van der Waals surface area contributed by atoms with Gasteiger partial charge in [-0.3, -0.25) is 4.68 Å². The second-order valence-electron chi connectivity index (χ2n) is 5.28. The molecule has 0 aromatic carbocycles. The molecule has 1 heterocycles. The molecular weight excluding hydrogens is 244 g/mol. The molecule has 19 heavy (non-hydrogen) atoms. The number of hydrogen-bond acceptors (Lipinski definition) is 3. The maximum Gasteiger partial charge on any atom is 0.339 e. The second-order valence-corrected chi connectivity index (χ2v) is 5.28. The van der Waals surface area contributed by atoms with Gasteiger partial charge in [0.1, 0.15) is 5.56 Å². The summed E-state index contributed by atoms with van der Waals surface area (Å²) in [6, 6.07) is -0.0721. The molecule has 1 aliphatic carbocycles. The summed E-state index contributed by atoms with van der Waals surface area (Å²) in [6.45, 7) is 2.02. The number of carboxylic acid groups (broad SMARTS) is 1. The molecule has 5 nitrogen and oxygen atoms in total. The summed E-state index contributed by atoms with van der Waals surface area (Å²) in [5.41, 5.74) is 1.03. The van der Waals surface area contributed by atoms with Crippen molar-refractivity contribution in [3.8, 4) is 0 Å². The largest absolute Gasteiger partial charge is 0.478 e. The Morgan fingerprint density at radius 1 is 1.42 bits per heavy atom. The van der Waals surface area contributed by atoms with Crippen molar-refractivity contribution in [2.24, 2.45) is 0 Å². The Bertz CT molecular complexity index is 442. The van der Waals surface area contributed by atoms with Crippen LogP contribution in [0, 0.1) is 0 Å². The highest BCUT2D eigenvalue weighted by atomic mass is 16.4. The van der Waals surface area contributed by atoms with Crippen molar-refractivity contribution in [2.45, 2.75) is 64.0 Å². The van der Waals surface area contributed by atoms with Crippen LogP contribution in [0.15, 0.2) is 6.20 Å². The average molecular weight is 266 g/mol. The first-order chi connectivity index (χ1) is 9.15. The normalized spacial score (nSPS) is 24.1. The molecule has 0 aliphatic heterocycles. The Morgan fingerprint density at radius 3 is 2.84 bits per heavy atom. The number of aliphatic hydroxyl groups excluding tert-OH is 1. The molecule has 2 rings (SSSR count). The highest BCUT2D eigenvalue weighted by molar-refractivity contribution is 5.88. The van der Waals surface area contributed by atoms with Crippen molar-refractivity contribution < 1.29 is 15.0 Å². The lowest BCUT2D eigenvalue weighted by molar-refractivity contribution is 0.0693. The van der Waals surface area contributed by atoms with Crippen molar-refractivity contribution >= 4 is 5.97 Å². The van der Waals surface area contributed by atoms with E-state index in [9.17, 15) is 15.0 Å². The molecule has 2 N–H and O–H groups in total. The lowest BCUT2D eigenvalue weighted by Crippen LogP contribution is -2.26. The Hall–Kier alpha value is -1.36. The maximum absolute atomic E-state index is 11.2. The number of aliphatic hydroxyl groups is 1. The zero-order valence-electron chi connectivity index (χ0n) is 11.4. The molecule has 2 unspecified atom stereocenters. The van der Waals surface area contributed by atoms with Gasteiger partial charge in [-0.2, -0.15) is 5.10 Å². The van der Waals surface area contributed by atoms with Crippen LogP contribution in [0.1, 0.15) is 67.5 Å². The van der Waals surface area contributed by atoms with Crippen LogP contribution in [0.3, 0.4) is 0 Å². The van der Waals surface area contributed by atoms with Gasteiger partial charge in [0.25, 0.3) is 0 Å². The number of carbonyl (C=O) groups is 1. The number of aromatic carboxylic acids is 1. The van der Waals surface area contributed by atoms with Crippen molar-refractivity contribution in [1.29, 1.82) is 0 Å². The van der Waals surface area contributed by atoms with Crippen molar-refractivity contribution in [3.63, 3.8) is 0 Å². The molecule has 1 aromatic rings. The number of rotatable bonds is 4. The molecule has 0 spiro atoms. The van der Waals surface area contributed by atoms with Crippen LogP contribution in [0.2, 0.25) is 0 Å². The minimum atomic E-state index is -0.933. The molecule has 5 heteroatoms. The molecule has 0 saturated heterocycles. The van der Waals surface area contributed by atoms with Gasteiger partial charge >= 0.3 is 5.97 Å². The fourth-order valence-corrected chi connectivity index (χ4v) is 2.89. The third-order valence-corrected chi connectivity index (χ3v) is 3.87. The standard InChI is InChI=1S/C14H22N2O3/c1-2-6-11-10(14(18)19)9-15-16(11)12-7-4-3-5-8-13(12)17/h9,12-13,17H,2-8H2,1H3,(H,18,19). The van der Waals surface area contributed by atoms with Gasteiger partial charge in [0.2, 0.25) is 0 Å². The van der Waals surface area contributed by atoms with Crippen LogP contribution < -0.4 is 0 Å². The van der Waals surface area contributed by atoms with E-state index in [2.05, 4.69) is 5.10 Å². The van der Waals surface area contributed by atoms with Gasteiger partial charge in [-0.1, -0.05) is 32.6 Å². The predicted molar refractivity (Wildman–Crippen MR) is 71.3 cm³/mol. The van der Waals surface area contributed by atoms with Crippen LogP contribution in [-0.4, -0.2) is 32.1 Å².